The van der Waals surface area contributed by atoms with Gasteiger partial charge in [0.05, 0.1) is 38.2 Å². The molecule has 0 radical (unpaired) electrons. The summed E-state index contributed by atoms with van der Waals surface area (Å²) in [5.74, 6) is 0. The van der Waals surface area contributed by atoms with E-state index in [1.54, 1.807) is 6.07 Å². The lowest BCUT2D eigenvalue weighted by atomic mass is 10.4. The van der Waals surface area contributed by atoms with Crippen molar-refractivity contribution in [2.75, 3.05) is 33.2 Å². The van der Waals surface area contributed by atoms with Crippen LogP contribution in [0.15, 0.2) is 23.1 Å². The third-order valence-corrected chi connectivity index (χ3v) is 5.70. The molecule has 0 bridgehead atoms. The Morgan fingerprint density at radius 1 is 1.22 bits per heavy atom. The summed E-state index contributed by atoms with van der Waals surface area (Å²) in [5.41, 5.74) is 0. The van der Waals surface area contributed by atoms with Crippen LogP contribution in [0, 0.1) is 0 Å². The summed E-state index contributed by atoms with van der Waals surface area (Å²) in [7, 11) is -1.45. The molecule has 1 aromatic carbocycles. The monoisotopic (exact) mass is 309 g/mol. The van der Waals surface area contributed by atoms with E-state index in [0.717, 1.165) is 13.1 Å². The zero-order valence-electron chi connectivity index (χ0n) is 9.99. The van der Waals surface area contributed by atoms with E-state index in [4.69, 9.17) is 23.2 Å². The number of benzene rings is 1. The van der Waals surface area contributed by atoms with Crippen molar-refractivity contribution in [3.63, 3.8) is 0 Å². The summed E-state index contributed by atoms with van der Waals surface area (Å²) in [6.07, 6.45) is 0. The predicted molar refractivity (Wildman–Crippen MR) is 71.8 cm³/mol. The molecule has 0 amide bonds. The van der Waals surface area contributed by atoms with Gasteiger partial charge in [-0.3, -0.25) is 0 Å². The van der Waals surface area contributed by atoms with Gasteiger partial charge in [-0.2, -0.15) is 4.31 Å². The maximum absolute atomic E-state index is 12.4. The summed E-state index contributed by atoms with van der Waals surface area (Å²) in [6, 6.07) is 4.46. The molecule has 1 aliphatic rings. The van der Waals surface area contributed by atoms with E-state index in [1.165, 1.54) is 21.3 Å². The number of rotatable bonds is 2. The third kappa shape index (κ3) is 2.81. The molecule has 2 rings (SSSR count). The molecule has 0 unspecified atom stereocenters. The molecule has 1 aromatic rings. The topological polar surface area (TPSA) is 41.8 Å². The van der Waals surface area contributed by atoms with E-state index in [1.807, 2.05) is 0 Å². The summed E-state index contributed by atoms with van der Waals surface area (Å²) in [5, 5.41) is 0.607. The Hall–Kier alpha value is -0.330. The van der Waals surface area contributed by atoms with Crippen LogP contribution in [0.1, 0.15) is 0 Å². The van der Waals surface area contributed by atoms with Crippen LogP contribution in [0.4, 0.5) is 0 Å². The Kier molecular flexibility index (Phi) is 4.18. The zero-order valence-corrected chi connectivity index (χ0v) is 12.3. The summed E-state index contributed by atoms with van der Waals surface area (Å²) in [6.45, 7) is 2.66. The minimum Gasteiger partial charge on any atom is -0.335 e. The molecule has 0 saturated carbocycles. The van der Waals surface area contributed by atoms with E-state index in [2.05, 4.69) is 7.05 Å². The maximum atomic E-state index is 12.4. The molecule has 100 valence electrons. The molecule has 1 fully saturated rings. The molecule has 1 heterocycles. The number of quaternary nitrogens is 1. The normalized spacial score (nSPS) is 19.1. The van der Waals surface area contributed by atoms with Gasteiger partial charge in [-0.25, -0.2) is 8.42 Å². The van der Waals surface area contributed by atoms with Crippen LogP contribution in [0.5, 0.6) is 0 Å². The maximum Gasteiger partial charge on any atom is 0.244 e. The summed E-state index contributed by atoms with van der Waals surface area (Å²) < 4.78 is 26.3. The van der Waals surface area contributed by atoms with Crippen LogP contribution in [0.3, 0.4) is 0 Å². The van der Waals surface area contributed by atoms with Gasteiger partial charge in [0.1, 0.15) is 4.90 Å². The fraction of sp³-hybridized carbons (Fsp3) is 0.455. The van der Waals surface area contributed by atoms with Crippen molar-refractivity contribution in [2.24, 2.45) is 0 Å². The Balaban J connectivity index is 2.30. The largest absolute Gasteiger partial charge is 0.335 e. The number of nitrogens with one attached hydrogen (secondary N) is 1. The quantitative estimate of drug-likeness (QED) is 0.865. The zero-order chi connectivity index (χ0) is 13.3. The van der Waals surface area contributed by atoms with Gasteiger partial charge in [0.25, 0.3) is 0 Å². The second-order valence-corrected chi connectivity index (χ2v) is 7.19. The summed E-state index contributed by atoms with van der Waals surface area (Å²) in [4.78, 5) is 1.47. The lowest BCUT2D eigenvalue weighted by Crippen LogP contribution is -3.12. The average molecular weight is 310 g/mol. The molecule has 1 saturated heterocycles. The van der Waals surface area contributed by atoms with Crippen molar-refractivity contribution in [1.82, 2.24) is 4.31 Å². The highest BCUT2D eigenvalue weighted by atomic mass is 35.5. The molecular weight excluding hydrogens is 295 g/mol. The van der Waals surface area contributed by atoms with Crippen LogP contribution in [-0.4, -0.2) is 45.9 Å². The minimum atomic E-state index is -3.50. The Labute approximate surface area is 117 Å². The molecule has 4 nitrogen and oxygen atoms in total. The smallest absolute Gasteiger partial charge is 0.244 e. The molecule has 1 aliphatic heterocycles. The number of halogens is 2. The first-order valence-corrected chi connectivity index (χ1v) is 7.87. The van der Waals surface area contributed by atoms with E-state index >= 15 is 0 Å². The number of hydrogen-bond donors (Lipinski definition) is 1. The average Bonchev–Trinajstić information content (AvgIpc) is 2.29. The number of nitrogens with zero attached hydrogens (tertiary/aromatic N) is 1. The lowest BCUT2D eigenvalue weighted by Gasteiger charge is -2.29. The molecule has 7 heteroatoms. The van der Waals surface area contributed by atoms with Gasteiger partial charge in [-0.1, -0.05) is 23.2 Å². The Morgan fingerprint density at radius 2 is 1.83 bits per heavy atom. The minimum absolute atomic E-state index is 0.133. The Morgan fingerprint density at radius 3 is 2.39 bits per heavy atom. The first kappa shape index (κ1) is 14.1. The van der Waals surface area contributed by atoms with E-state index < -0.39 is 10.0 Å². The number of sulfonamides is 1. The van der Waals surface area contributed by atoms with Crippen LogP contribution >= 0.6 is 23.2 Å². The van der Waals surface area contributed by atoms with Crippen LogP contribution in [0.2, 0.25) is 10.0 Å². The summed E-state index contributed by atoms with van der Waals surface area (Å²) >= 11 is 11.7. The number of likely N-dealkylation sites (N-methyl/N-ethyl adjacent to an activating group) is 1. The van der Waals surface area contributed by atoms with Crippen molar-refractivity contribution in [3.8, 4) is 0 Å². The van der Waals surface area contributed by atoms with Crippen molar-refractivity contribution in [1.29, 1.82) is 0 Å². The third-order valence-electron chi connectivity index (χ3n) is 3.09. The van der Waals surface area contributed by atoms with Crippen molar-refractivity contribution >= 4 is 33.2 Å². The predicted octanol–water partition coefficient (Wildman–Crippen LogP) is 0.512. The van der Waals surface area contributed by atoms with Gasteiger partial charge in [-0.15, -0.1) is 0 Å². The van der Waals surface area contributed by atoms with Crippen molar-refractivity contribution in [3.05, 3.63) is 28.2 Å². The molecule has 0 aromatic heterocycles. The molecular formula is C11H15Cl2N2O2S+. The van der Waals surface area contributed by atoms with Crippen LogP contribution in [-0.2, 0) is 10.0 Å². The number of hydrogen-bond acceptors (Lipinski definition) is 2. The van der Waals surface area contributed by atoms with Gasteiger partial charge >= 0.3 is 0 Å². The second kappa shape index (κ2) is 5.35. The Bertz CT molecular complexity index is 540. The number of piperazine rings is 1. The molecule has 0 aliphatic carbocycles. The first-order valence-electron chi connectivity index (χ1n) is 5.68. The van der Waals surface area contributed by atoms with Gasteiger partial charge in [0.15, 0.2) is 0 Å². The van der Waals surface area contributed by atoms with Gasteiger partial charge < -0.3 is 4.90 Å². The fourth-order valence-electron chi connectivity index (χ4n) is 1.93. The van der Waals surface area contributed by atoms with Crippen LogP contribution < -0.4 is 4.90 Å². The molecule has 18 heavy (non-hydrogen) atoms. The van der Waals surface area contributed by atoms with Gasteiger partial charge in [0, 0.05) is 5.02 Å². The van der Waals surface area contributed by atoms with E-state index in [-0.39, 0.29) is 9.92 Å². The van der Waals surface area contributed by atoms with Crippen LogP contribution in [0.25, 0.3) is 0 Å². The van der Waals surface area contributed by atoms with E-state index in [9.17, 15) is 8.42 Å². The van der Waals surface area contributed by atoms with Crippen molar-refractivity contribution in [2.45, 2.75) is 4.90 Å². The first-order chi connectivity index (χ1) is 8.41. The molecule has 0 spiro atoms. The highest BCUT2D eigenvalue weighted by Crippen LogP contribution is 2.27. The molecule has 0 atom stereocenters. The standard InChI is InChI=1S/C11H14Cl2N2O2S/c1-14-4-6-15(7-5-14)18(16,17)11-3-2-9(12)8-10(11)13/h2-3,8H,4-7H2,1H3/p+1. The van der Waals surface area contributed by atoms with Crippen molar-refractivity contribution < 1.29 is 13.3 Å². The van der Waals surface area contributed by atoms with Gasteiger partial charge in [-0.05, 0) is 18.2 Å². The highest BCUT2D eigenvalue weighted by Gasteiger charge is 2.30. The fourth-order valence-corrected chi connectivity index (χ4v) is 4.12. The lowest BCUT2D eigenvalue weighted by molar-refractivity contribution is -0.883. The van der Waals surface area contributed by atoms with E-state index in [0.29, 0.717) is 18.1 Å². The SMILES string of the molecule is C[NH+]1CCN(S(=O)(=O)c2ccc(Cl)cc2Cl)CC1. The van der Waals surface area contributed by atoms with Gasteiger partial charge in [0.2, 0.25) is 10.0 Å². The molecule has 1 N–H and O–H groups in total. The highest BCUT2D eigenvalue weighted by molar-refractivity contribution is 7.89. The second-order valence-electron chi connectivity index (χ2n) is 4.44.